The molecule has 0 heterocycles. The summed E-state index contributed by atoms with van der Waals surface area (Å²) in [5.41, 5.74) is -0.276. The normalized spacial score (nSPS) is 12.8. The van der Waals surface area contributed by atoms with Crippen LogP contribution in [0.25, 0.3) is 0 Å². The minimum absolute atomic E-state index is 0.0371. The van der Waals surface area contributed by atoms with E-state index in [-0.39, 0.29) is 19.0 Å². The molecule has 0 aliphatic rings. The maximum Gasteiger partial charge on any atom is 0.339 e. The molecule has 0 aliphatic heterocycles. The number of aliphatic hydroxyl groups is 1. The third kappa shape index (κ3) is 6.20. The Morgan fingerprint density at radius 1 is 0.923 bits per heavy atom. The van der Waals surface area contributed by atoms with E-state index in [0.717, 1.165) is 11.1 Å². The topological polar surface area (TPSA) is 72.8 Å². The molecule has 2 aromatic carbocycles. The van der Waals surface area contributed by atoms with Crippen LogP contribution in [-0.4, -0.2) is 34.7 Å². The fourth-order valence-corrected chi connectivity index (χ4v) is 3.00. The van der Waals surface area contributed by atoms with Crippen LogP contribution < -0.4 is 0 Å². The van der Waals surface area contributed by atoms with Crippen LogP contribution in [0, 0.1) is 0 Å². The molecule has 0 radical (unpaired) electrons. The number of rotatable bonds is 9. The van der Waals surface area contributed by atoms with E-state index in [1.165, 1.54) is 11.8 Å². The third-order valence-electron chi connectivity index (χ3n) is 3.66. The quantitative estimate of drug-likeness (QED) is 0.681. The Labute approximate surface area is 157 Å². The van der Waals surface area contributed by atoms with Gasteiger partial charge < -0.3 is 14.6 Å². The highest BCUT2D eigenvalue weighted by Crippen LogP contribution is 2.20. The average Bonchev–Trinajstić information content (AvgIpc) is 2.66. The number of thioether (sulfide) groups is 1. The molecule has 0 saturated carbocycles. The van der Waals surface area contributed by atoms with Gasteiger partial charge in [0.15, 0.2) is 5.60 Å². The van der Waals surface area contributed by atoms with Crippen LogP contribution in [0.4, 0.5) is 0 Å². The first kappa shape index (κ1) is 20.0. The zero-order chi connectivity index (χ0) is 18.8. The Bertz CT molecular complexity index is 705. The lowest BCUT2D eigenvalue weighted by Crippen LogP contribution is -2.44. The van der Waals surface area contributed by atoms with Crippen molar-refractivity contribution in [3.05, 3.63) is 71.8 Å². The monoisotopic (exact) mass is 374 g/mol. The molecule has 26 heavy (non-hydrogen) atoms. The Kier molecular flexibility index (Phi) is 7.69. The second-order valence-electron chi connectivity index (χ2n) is 5.85. The van der Waals surface area contributed by atoms with E-state index >= 15 is 0 Å². The number of hydrogen-bond acceptors (Lipinski definition) is 6. The molecule has 0 fully saturated rings. The molecule has 0 aliphatic carbocycles. The van der Waals surface area contributed by atoms with Crippen LogP contribution >= 0.6 is 11.8 Å². The summed E-state index contributed by atoms with van der Waals surface area (Å²) in [5, 5.41) is 10.6. The molecule has 0 aromatic heterocycles. The summed E-state index contributed by atoms with van der Waals surface area (Å²) < 4.78 is 10.4. The maximum atomic E-state index is 12.3. The lowest BCUT2D eigenvalue weighted by molar-refractivity contribution is -0.171. The lowest BCUT2D eigenvalue weighted by Gasteiger charge is -2.24. The highest BCUT2D eigenvalue weighted by atomic mass is 32.2. The van der Waals surface area contributed by atoms with E-state index in [4.69, 9.17) is 9.47 Å². The van der Waals surface area contributed by atoms with Gasteiger partial charge in [0.2, 0.25) is 0 Å². The van der Waals surface area contributed by atoms with Gasteiger partial charge in [-0.15, -0.1) is 0 Å². The van der Waals surface area contributed by atoms with Gasteiger partial charge in [0.1, 0.15) is 13.2 Å². The number of hydrogen-bond donors (Lipinski definition) is 1. The highest BCUT2D eigenvalue weighted by molar-refractivity contribution is 7.98. The molecular weight excluding hydrogens is 352 g/mol. The fraction of sp³-hybridized carbons (Fsp3) is 0.300. The van der Waals surface area contributed by atoms with Crippen LogP contribution in [0.15, 0.2) is 60.7 Å². The third-order valence-corrected chi connectivity index (χ3v) is 4.42. The van der Waals surface area contributed by atoms with E-state index in [1.807, 2.05) is 60.7 Å². The zero-order valence-electron chi connectivity index (χ0n) is 14.6. The van der Waals surface area contributed by atoms with Crippen molar-refractivity contribution < 1.29 is 24.2 Å². The van der Waals surface area contributed by atoms with Gasteiger partial charge >= 0.3 is 11.9 Å². The van der Waals surface area contributed by atoms with Crippen molar-refractivity contribution in [2.75, 3.05) is 12.0 Å². The molecule has 138 valence electrons. The number of ether oxygens (including phenoxy) is 2. The molecule has 2 rings (SSSR count). The predicted molar refractivity (Wildman–Crippen MR) is 100 cm³/mol. The SMILES string of the molecule is CSC[C@@](O)(CC(=O)OCc1ccccc1)C(=O)OCc1ccccc1. The standard InChI is InChI=1S/C20H22O5S/c1-26-15-20(23,19(22)25-14-17-10-6-3-7-11-17)12-18(21)24-13-16-8-4-2-5-9-16/h2-11,23H,12-15H2,1H3/t20-/m0/s1. The van der Waals surface area contributed by atoms with Crippen molar-refractivity contribution in [3.8, 4) is 0 Å². The zero-order valence-corrected chi connectivity index (χ0v) is 15.4. The van der Waals surface area contributed by atoms with E-state index < -0.39 is 24.0 Å². The fourth-order valence-electron chi connectivity index (χ4n) is 2.31. The predicted octanol–water partition coefficient (Wildman–Crippen LogP) is 2.96. The molecule has 5 nitrogen and oxygen atoms in total. The Morgan fingerprint density at radius 2 is 1.42 bits per heavy atom. The molecule has 0 amide bonds. The Balaban J connectivity index is 1.91. The van der Waals surface area contributed by atoms with Gasteiger partial charge in [-0.25, -0.2) is 4.79 Å². The van der Waals surface area contributed by atoms with Crippen LogP contribution in [0.1, 0.15) is 17.5 Å². The Hall–Kier alpha value is -2.31. The molecule has 0 spiro atoms. The van der Waals surface area contributed by atoms with Gasteiger partial charge in [0.25, 0.3) is 0 Å². The molecule has 0 unspecified atom stereocenters. The highest BCUT2D eigenvalue weighted by Gasteiger charge is 2.40. The largest absolute Gasteiger partial charge is 0.461 e. The summed E-state index contributed by atoms with van der Waals surface area (Å²) >= 11 is 1.26. The van der Waals surface area contributed by atoms with Gasteiger partial charge in [-0.1, -0.05) is 60.7 Å². The van der Waals surface area contributed by atoms with E-state index in [1.54, 1.807) is 6.26 Å². The minimum atomic E-state index is -1.91. The van der Waals surface area contributed by atoms with Crippen molar-refractivity contribution >= 4 is 23.7 Å². The minimum Gasteiger partial charge on any atom is -0.461 e. The van der Waals surface area contributed by atoms with E-state index in [0.29, 0.717) is 0 Å². The number of esters is 2. The molecule has 6 heteroatoms. The molecular formula is C20H22O5S. The van der Waals surface area contributed by atoms with Crippen molar-refractivity contribution in [3.63, 3.8) is 0 Å². The summed E-state index contributed by atoms with van der Waals surface area (Å²) in [6.07, 6.45) is 1.29. The van der Waals surface area contributed by atoms with Crippen LogP contribution in [0.5, 0.6) is 0 Å². The second-order valence-corrected chi connectivity index (χ2v) is 6.72. The summed E-state index contributed by atoms with van der Waals surface area (Å²) in [7, 11) is 0. The lowest BCUT2D eigenvalue weighted by atomic mass is 10.0. The molecule has 0 bridgehead atoms. The molecule has 0 saturated heterocycles. The second kappa shape index (κ2) is 9.99. The smallest absolute Gasteiger partial charge is 0.339 e. The van der Waals surface area contributed by atoms with E-state index in [9.17, 15) is 14.7 Å². The van der Waals surface area contributed by atoms with Gasteiger partial charge in [-0.3, -0.25) is 4.79 Å². The summed E-state index contributed by atoms with van der Waals surface area (Å²) in [6.45, 7) is 0.128. The first-order valence-corrected chi connectivity index (χ1v) is 9.55. The summed E-state index contributed by atoms with van der Waals surface area (Å²) in [5.74, 6) is -1.43. The number of benzene rings is 2. The van der Waals surface area contributed by atoms with Crippen LogP contribution in [-0.2, 0) is 32.3 Å². The molecule has 1 atom stereocenters. The van der Waals surface area contributed by atoms with Crippen LogP contribution in [0.2, 0.25) is 0 Å². The number of carbonyl (C=O) groups excluding carboxylic acids is 2. The van der Waals surface area contributed by atoms with Gasteiger partial charge in [0, 0.05) is 5.75 Å². The van der Waals surface area contributed by atoms with Gasteiger partial charge in [-0.2, -0.15) is 11.8 Å². The number of carbonyl (C=O) groups is 2. The van der Waals surface area contributed by atoms with Crippen LogP contribution in [0.3, 0.4) is 0 Å². The maximum absolute atomic E-state index is 12.3. The molecule has 2 aromatic rings. The molecule has 1 N–H and O–H groups in total. The summed E-state index contributed by atoms with van der Waals surface area (Å²) in [4.78, 5) is 24.4. The van der Waals surface area contributed by atoms with Crippen molar-refractivity contribution in [1.82, 2.24) is 0 Å². The van der Waals surface area contributed by atoms with Crippen molar-refractivity contribution in [1.29, 1.82) is 0 Å². The van der Waals surface area contributed by atoms with Crippen molar-refractivity contribution in [2.45, 2.75) is 25.2 Å². The summed E-state index contributed by atoms with van der Waals surface area (Å²) in [6, 6.07) is 18.4. The Morgan fingerprint density at radius 3 is 1.92 bits per heavy atom. The van der Waals surface area contributed by atoms with Gasteiger partial charge in [-0.05, 0) is 17.4 Å². The average molecular weight is 374 g/mol. The first-order chi connectivity index (χ1) is 12.5. The first-order valence-electron chi connectivity index (χ1n) is 8.15. The van der Waals surface area contributed by atoms with Crippen molar-refractivity contribution in [2.24, 2.45) is 0 Å². The van der Waals surface area contributed by atoms with Gasteiger partial charge in [0.05, 0.1) is 6.42 Å². The van der Waals surface area contributed by atoms with E-state index in [2.05, 4.69) is 0 Å².